The van der Waals surface area contributed by atoms with E-state index in [4.69, 9.17) is 4.74 Å². The number of carbonyl (C=O) groups is 1. The molecule has 0 radical (unpaired) electrons. The zero-order chi connectivity index (χ0) is 20.9. The van der Waals surface area contributed by atoms with E-state index in [1.54, 1.807) is 24.3 Å². The molecule has 1 amide bonds. The Morgan fingerprint density at radius 3 is 2.17 bits per heavy atom. The number of carbonyl (C=O) groups excluding carboxylic acids is 1. The monoisotopic (exact) mass is 424 g/mol. The van der Waals surface area contributed by atoms with Gasteiger partial charge in [0.25, 0.3) is 5.91 Å². The molecule has 0 saturated carbocycles. The van der Waals surface area contributed by atoms with Crippen LogP contribution in [0.5, 0.6) is 5.75 Å². The predicted molar refractivity (Wildman–Crippen MR) is 112 cm³/mol. The summed E-state index contributed by atoms with van der Waals surface area (Å²) in [5, 5.41) is 0. The SMILES string of the molecule is CCOc1ccc(S(=O)(=O)N2CC[NH+]([C@H](C)C(=O)N3CCCCCC3)CC2)cc1. The van der Waals surface area contributed by atoms with Gasteiger partial charge in [0.1, 0.15) is 5.75 Å². The van der Waals surface area contributed by atoms with E-state index in [1.807, 2.05) is 18.7 Å². The first kappa shape index (κ1) is 22.1. The Bertz CT molecular complexity index is 766. The zero-order valence-electron chi connectivity index (χ0n) is 17.6. The predicted octanol–water partition coefficient (Wildman–Crippen LogP) is 0.766. The minimum atomic E-state index is -3.52. The molecule has 3 rings (SSSR count). The quantitative estimate of drug-likeness (QED) is 0.732. The Balaban J connectivity index is 1.58. The number of nitrogens with one attached hydrogen (secondary N) is 1. The summed E-state index contributed by atoms with van der Waals surface area (Å²) in [4.78, 5) is 16.4. The molecule has 0 aromatic heterocycles. The smallest absolute Gasteiger partial charge is 0.280 e. The van der Waals surface area contributed by atoms with Crippen molar-refractivity contribution in [2.45, 2.75) is 50.5 Å². The highest BCUT2D eigenvalue weighted by molar-refractivity contribution is 7.89. The number of hydrogen-bond acceptors (Lipinski definition) is 4. The molecule has 2 fully saturated rings. The summed E-state index contributed by atoms with van der Waals surface area (Å²) in [7, 11) is -3.52. The molecule has 162 valence electrons. The molecule has 2 saturated heterocycles. The number of ether oxygens (including phenoxy) is 1. The van der Waals surface area contributed by atoms with E-state index in [0.29, 0.717) is 38.5 Å². The van der Waals surface area contributed by atoms with Crippen molar-refractivity contribution in [3.8, 4) is 5.75 Å². The van der Waals surface area contributed by atoms with Crippen molar-refractivity contribution >= 4 is 15.9 Å². The fourth-order valence-electron chi connectivity index (χ4n) is 4.21. The second kappa shape index (κ2) is 9.91. The number of hydrogen-bond donors (Lipinski definition) is 1. The minimum absolute atomic E-state index is 0.122. The Kier molecular flexibility index (Phi) is 7.54. The first-order valence-corrected chi connectivity index (χ1v) is 12.2. The van der Waals surface area contributed by atoms with Gasteiger partial charge >= 0.3 is 0 Å². The lowest BCUT2D eigenvalue weighted by molar-refractivity contribution is -0.918. The second-order valence-electron chi connectivity index (χ2n) is 7.93. The lowest BCUT2D eigenvalue weighted by Crippen LogP contribution is -3.19. The number of nitrogens with zero attached hydrogens (tertiary/aromatic N) is 2. The third-order valence-electron chi connectivity index (χ3n) is 6.04. The van der Waals surface area contributed by atoms with Crippen molar-refractivity contribution in [1.82, 2.24) is 9.21 Å². The van der Waals surface area contributed by atoms with Gasteiger partial charge in [0.2, 0.25) is 10.0 Å². The lowest BCUT2D eigenvalue weighted by atomic mass is 10.2. The molecule has 0 aliphatic carbocycles. The molecule has 1 aromatic rings. The Labute approximate surface area is 174 Å². The van der Waals surface area contributed by atoms with Crippen LogP contribution >= 0.6 is 0 Å². The van der Waals surface area contributed by atoms with Crippen LogP contribution in [0.25, 0.3) is 0 Å². The zero-order valence-corrected chi connectivity index (χ0v) is 18.4. The molecule has 2 aliphatic rings. The fraction of sp³-hybridized carbons (Fsp3) is 0.667. The number of amides is 1. The van der Waals surface area contributed by atoms with Crippen LogP contribution in [0.15, 0.2) is 29.2 Å². The van der Waals surface area contributed by atoms with Crippen LogP contribution in [0.4, 0.5) is 0 Å². The fourth-order valence-corrected chi connectivity index (χ4v) is 5.65. The summed E-state index contributed by atoms with van der Waals surface area (Å²) in [6.07, 6.45) is 4.57. The molecule has 1 aromatic carbocycles. The van der Waals surface area contributed by atoms with Crippen molar-refractivity contribution < 1.29 is 22.8 Å². The summed E-state index contributed by atoms with van der Waals surface area (Å²) < 4.78 is 32.8. The molecular formula is C21H34N3O4S+. The normalized spacial score (nSPS) is 20.8. The Morgan fingerprint density at radius 1 is 1.03 bits per heavy atom. The first-order valence-electron chi connectivity index (χ1n) is 10.8. The van der Waals surface area contributed by atoms with Crippen molar-refractivity contribution in [3.63, 3.8) is 0 Å². The van der Waals surface area contributed by atoms with E-state index < -0.39 is 10.0 Å². The molecule has 2 heterocycles. The Morgan fingerprint density at radius 2 is 1.62 bits per heavy atom. The van der Waals surface area contributed by atoms with Gasteiger partial charge in [0.15, 0.2) is 6.04 Å². The molecular weight excluding hydrogens is 390 g/mol. The van der Waals surface area contributed by atoms with Gasteiger partial charge < -0.3 is 14.5 Å². The highest BCUT2D eigenvalue weighted by atomic mass is 32.2. The number of quaternary nitrogens is 1. The van der Waals surface area contributed by atoms with Gasteiger partial charge in [-0.25, -0.2) is 8.42 Å². The first-order chi connectivity index (χ1) is 13.9. The van der Waals surface area contributed by atoms with Gasteiger partial charge in [0, 0.05) is 13.1 Å². The standard InChI is InChI=1S/C21H33N3O4S/c1-3-28-19-8-10-20(11-9-19)29(26,27)24-16-14-22(15-17-24)18(2)21(25)23-12-6-4-5-7-13-23/h8-11,18H,3-7,12-17H2,1-2H3/p+1/t18-/m1/s1. The molecule has 29 heavy (non-hydrogen) atoms. The van der Waals surface area contributed by atoms with E-state index in [1.165, 1.54) is 22.0 Å². The molecule has 1 atom stereocenters. The molecule has 0 bridgehead atoms. The summed E-state index contributed by atoms with van der Waals surface area (Å²) in [6, 6.07) is 6.47. The van der Waals surface area contributed by atoms with Gasteiger partial charge in [-0.3, -0.25) is 4.79 Å². The van der Waals surface area contributed by atoms with E-state index in [-0.39, 0.29) is 16.8 Å². The molecule has 0 unspecified atom stereocenters. The maximum Gasteiger partial charge on any atom is 0.280 e. The van der Waals surface area contributed by atoms with Crippen LogP contribution in [0, 0.1) is 0 Å². The molecule has 2 aliphatic heterocycles. The number of piperazine rings is 1. The molecule has 0 spiro atoms. The minimum Gasteiger partial charge on any atom is -0.494 e. The van der Waals surface area contributed by atoms with Crippen molar-refractivity contribution in [2.75, 3.05) is 45.9 Å². The van der Waals surface area contributed by atoms with Crippen LogP contribution in [-0.4, -0.2) is 75.4 Å². The van der Waals surface area contributed by atoms with Crippen molar-refractivity contribution in [2.24, 2.45) is 0 Å². The largest absolute Gasteiger partial charge is 0.494 e. The maximum absolute atomic E-state index is 13.0. The molecule has 8 heteroatoms. The number of rotatable bonds is 6. The summed E-state index contributed by atoms with van der Waals surface area (Å²) >= 11 is 0. The third kappa shape index (κ3) is 5.29. The summed E-state index contributed by atoms with van der Waals surface area (Å²) in [6.45, 7) is 8.30. The second-order valence-corrected chi connectivity index (χ2v) is 9.87. The van der Waals surface area contributed by atoms with Crippen LogP contribution in [-0.2, 0) is 14.8 Å². The van der Waals surface area contributed by atoms with Crippen LogP contribution < -0.4 is 9.64 Å². The van der Waals surface area contributed by atoms with Gasteiger partial charge in [-0.2, -0.15) is 4.31 Å². The lowest BCUT2D eigenvalue weighted by Gasteiger charge is -2.35. The van der Waals surface area contributed by atoms with Gasteiger partial charge in [-0.05, 0) is 51.0 Å². The average Bonchev–Trinajstić information content (AvgIpc) is 3.03. The average molecular weight is 425 g/mol. The third-order valence-corrected chi connectivity index (χ3v) is 7.95. The number of benzene rings is 1. The summed E-state index contributed by atoms with van der Waals surface area (Å²) in [5.74, 6) is 0.881. The van der Waals surface area contributed by atoms with Crippen LogP contribution in [0.2, 0.25) is 0 Å². The molecule has 1 N–H and O–H groups in total. The van der Waals surface area contributed by atoms with Crippen LogP contribution in [0.1, 0.15) is 39.5 Å². The van der Waals surface area contributed by atoms with Crippen molar-refractivity contribution in [3.05, 3.63) is 24.3 Å². The highest BCUT2D eigenvalue weighted by Gasteiger charge is 2.36. The van der Waals surface area contributed by atoms with Crippen LogP contribution in [0.3, 0.4) is 0 Å². The van der Waals surface area contributed by atoms with E-state index in [9.17, 15) is 13.2 Å². The topological polar surface area (TPSA) is 71.4 Å². The highest BCUT2D eigenvalue weighted by Crippen LogP contribution is 2.20. The van der Waals surface area contributed by atoms with Gasteiger partial charge in [-0.1, -0.05) is 12.8 Å². The maximum atomic E-state index is 13.0. The summed E-state index contributed by atoms with van der Waals surface area (Å²) in [5.41, 5.74) is 0. The molecule has 7 nitrogen and oxygen atoms in total. The van der Waals surface area contributed by atoms with Crippen molar-refractivity contribution in [1.29, 1.82) is 0 Å². The van der Waals surface area contributed by atoms with E-state index in [2.05, 4.69) is 0 Å². The number of likely N-dealkylation sites (tertiary alicyclic amines) is 1. The van der Waals surface area contributed by atoms with Gasteiger partial charge in [-0.15, -0.1) is 0 Å². The van der Waals surface area contributed by atoms with E-state index in [0.717, 1.165) is 25.9 Å². The van der Waals surface area contributed by atoms with E-state index >= 15 is 0 Å². The number of sulfonamides is 1. The van der Waals surface area contributed by atoms with Gasteiger partial charge in [0.05, 0.1) is 37.7 Å². The Hall–Kier alpha value is -1.64.